The van der Waals surface area contributed by atoms with E-state index in [0.717, 1.165) is 37.3 Å². The van der Waals surface area contributed by atoms with Crippen molar-refractivity contribution in [3.8, 4) is 5.88 Å². The highest BCUT2D eigenvalue weighted by Gasteiger charge is 2.17. The number of halogens is 3. The number of aliphatic imine (C=N–C) groups is 1. The van der Waals surface area contributed by atoms with E-state index in [1.54, 1.807) is 24.4 Å². The Labute approximate surface area is 198 Å². The second-order valence-electron chi connectivity index (χ2n) is 6.11. The molecule has 0 spiro atoms. The minimum absolute atomic E-state index is 0.182. The number of benzene rings is 2. The summed E-state index contributed by atoms with van der Waals surface area (Å²) in [4.78, 5) is 17.2. The van der Waals surface area contributed by atoms with Crippen LogP contribution in [0.3, 0.4) is 0 Å². The first kappa shape index (κ1) is 21.1. The molecule has 0 radical (unpaired) electrons. The van der Waals surface area contributed by atoms with Gasteiger partial charge in [-0.25, -0.2) is 10.2 Å². The average Bonchev–Trinajstić information content (AvgIpc) is 3.20. The fraction of sp³-hybridized carbons (Fsp3) is 0. The number of aromatic nitrogens is 1. The third-order valence-electron chi connectivity index (χ3n) is 4.10. The molecule has 0 saturated heterocycles. The van der Waals surface area contributed by atoms with E-state index in [-0.39, 0.29) is 9.83 Å². The Morgan fingerprint density at radius 3 is 2.80 bits per heavy atom. The molecule has 0 bridgehead atoms. The molecule has 0 aliphatic carbocycles. The molecule has 6 nitrogen and oxygen atoms in total. The van der Waals surface area contributed by atoms with Gasteiger partial charge in [0, 0.05) is 27.5 Å². The van der Waals surface area contributed by atoms with Crippen molar-refractivity contribution in [2.75, 3.05) is 10.7 Å². The Kier molecular flexibility index (Phi) is 5.99. The van der Waals surface area contributed by atoms with Gasteiger partial charge in [0.1, 0.15) is 0 Å². The number of amides is 2. The Hall–Kier alpha value is -2.17. The first-order valence-electron chi connectivity index (χ1n) is 8.35. The molecular weight excluding hydrogens is 531 g/mol. The van der Waals surface area contributed by atoms with Gasteiger partial charge in [0.05, 0.1) is 20.6 Å². The van der Waals surface area contributed by atoms with E-state index in [9.17, 15) is 9.90 Å². The van der Waals surface area contributed by atoms with Crippen LogP contribution in [0.15, 0.2) is 45.9 Å². The lowest BCUT2D eigenvalue weighted by Crippen LogP contribution is -2.27. The Balaban J connectivity index is 1.57. The maximum atomic E-state index is 12.3. The highest BCUT2D eigenvalue weighted by molar-refractivity contribution is 9.10. The van der Waals surface area contributed by atoms with Crippen LogP contribution in [0.1, 0.15) is 10.4 Å². The molecule has 0 fully saturated rings. The molecule has 3 aromatic rings. The Bertz CT molecular complexity index is 1300. The first-order chi connectivity index (χ1) is 14.3. The minimum atomic E-state index is -0.603. The summed E-state index contributed by atoms with van der Waals surface area (Å²) in [5, 5.41) is 13.9. The lowest BCUT2D eigenvalue weighted by molar-refractivity contribution is 0.259. The molecule has 1 aliphatic heterocycles. The molecule has 1 aliphatic rings. The summed E-state index contributed by atoms with van der Waals surface area (Å²) in [6.07, 6.45) is 3.49. The summed E-state index contributed by atoms with van der Waals surface area (Å²) in [5.74, 6) is -0.182. The lowest BCUT2D eigenvalue weighted by Gasteiger charge is -2.09. The van der Waals surface area contributed by atoms with Crippen LogP contribution in [0, 0.1) is 3.95 Å². The van der Waals surface area contributed by atoms with Gasteiger partial charge in [-0.2, -0.15) is 4.68 Å². The van der Waals surface area contributed by atoms with Crippen LogP contribution in [0.5, 0.6) is 5.88 Å². The maximum Gasteiger partial charge on any atom is 0.338 e. The molecule has 0 saturated carbocycles. The van der Waals surface area contributed by atoms with Crippen LogP contribution in [0.2, 0.25) is 10.0 Å². The number of hydrogen-bond donors (Lipinski definition) is 3. The molecule has 11 heteroatoms. The van der Waals surface area contributed by atoms with Crippen LogP contribution in [0.25, 0.3) is 11.6 Å². The smallest absolute Gasteiger partial charge is 0.338 e. The Morgan fingerprint density at radius 1 is 1.23 bits per heavy atom. The van der Waals surface area contributed by atoms with Gasteiger partial charge >= 0.3 is 6.03 Å². The number of aromatic hydroxyl groups is 1. The fourth-order valence-electron chi connectivity index (χ4n) is 2.73. The van der Waals surface area contributed by atoms with Gasteiger partial charge in [0.2, 0.25) is 5.88 Å². The van der Waals surface area contributed by atoms with Crippen LogP contribution in [0.4, 0.5) is 16.2 Å². The molecule has 3 N–H and O–H groups in total. The minimum Gasteiger partial charge on any atom is -0.492 e. The van der Waals surface area contributed by atoms with Gasteiger partial charge in [-0.05, 0) is 54.7 Å². The number of nitrogens with one attached hydrogen (secondary N) is 2. The summed E-state index contributed by atoms with van der Waals surface area (Å²) in [7, 11) is 0. The molecule has 2 aromatic carbocycles. The quantitative estimate of drug-likeness (QED) is 0.310. The maximum absolute atomic E-state index is 12.3. The van der Waals surface area contributed by atoms with Crippen molar-refractivity contribution in [2.24, 2.45) is 4.99 Å². The van der Waals surface area contributed by atoms with Crippen molar-refractivity contribution < 1.29 is 9.90 Å². The third-order valence-corrected chi connectivity index (χ3v) is 6.64. The zero-order valence-electron chi connectivity index (χ0n) is 14.8. The second kappa shape index (κ2) is 8.52. The van der Waals surface area contributed by atoms with E-state index in [1.165, 1.54) is 6.07 Å². The van der Waals surface area contributed by atoms with Crippen LogP contribution >= 0.6 is 62.7 Å². The second-order valence-corrected chi connectivity index (χ2v) is 9.51. The van der Waals surface area contributed by atoms with Crippen molar-refractivity contribution >= 4 is 98.0 Å². The number of rotatable bonds is 3. The molecule has 152 valence electrons. The highest BCUT2D eigenvalue weighted by atomic mass is 79.9. The molecular formula is C19H11BrCl2N4O2S2. The van der Waals surface area contributed by atoms with Crippen molar-refractivity contribution in [1.29, 1.82) is 0 Å². The molecule has 2 amide bonds. The SMILES string of the molecule is O=C(Nc1ccc(Cl)c(Cl)c1)Nn1c(O)c(C=C2C=Nc3ccc(Br)cc32)sc1=S. The third kappa shape index (κ3) is 4.30. The van der Waals surface area contributed by atoms with Gasteiger partial charge in [-0.15, -0.1) is 0 Å². The Morgan fingerprint density at radius 2 is 2.03 bits per heavy atom. The normalized spacial score (nSPS) is 13.5. The van der Waals surface area contributed by atoms with E-state index >= 15 is 0 Å². The zero-order valence-corrected chi connectivity index (χ0v) is 19.5. The predicted octanol–water partition coefficient (Wildman–Crippen LogP) is 7.09. The van der Waals surface area contributed by atoms with Crippen molar-refractivity contribution in [1.82, 2.24) is 4.68 Å². The molecule has 1 aromatic heterocycles. The van der Waals surface area contributed by atoms with E-state index < -0.39 is 6.03 Å². The number of carbonyl (C=O) groups is 1. The predicted molar refractivity (Wildman–Crippen MR) is 130 cm³/mol. The fourth-order valence-corrected chi connectivity index (χ4v) is 4.57. The molecule has 0 atom stereocenters. The van der Waals surface area contributed by atoms with Crippen LogP contribution < -0.4 is 10.7 Å². The van der Waals surface area contributed by atoms with Crippen molar-refractivity contribution in [2.45, 2.75) is 0 Å². The number of hydrogen-bond acceptors (Lipinski definition) is 5. The number of fused-ring (bicyclic) bond motifs is 1. The summed E-state index contributed by atoms with van der Waals surface area (Å²) in [5.41, 5.74) is 5.54. The van der Waals surface area contributed by atoms with Crippen LogP contribution in [-0.4, -0.2) is 22.0 Å². The summed E-state index contributed by atoms with van der Waals surface area (Å²) >= 11 is 21.7. The monoisotopic (exact) mass is 540 g/mol. The van der Waals surface area contributed by atoms with Gasteiger partial charge in [-0.3, -0.25) is 4.99 Å². The number of anilines is 1. The highest BCUT2D eigenvalue weighted by Crippen LogP contribution is 2.37. The topological polar surface area (TPSA) is 78.7 Å². The van der Waals surface area contributed by atoms with Gasteiger partial charge in [0.25, 0.3) is 0 Å². The van der Waals surface area contributed by atoms with Crippen molar-refractivity contribution in [3.63, 3.8) is 0 Å². The number of thiazole rings is 1. The van der Waals surface area contributed by atoms with E-state index in [1.807, 2.05) is 18.2 Å². The van der Waals surface area contributed by atoms with Gasteiger partial charge in [0.15, 0.2) is 3.95 Å². The number of nitrogens with zero attached hydrogens (tertiary/aromatic N) is 2. The van der Waals surface area contributed by atoms with Crippen LogP contribution in [-0.2, 0) is 0 Å². The standard InChI is InChI=1S/C19H11BrCl2N4O2S2/c20-10-1-4-15-12(6-10)9(8-23-15)5-16-17(27)26(19(29)30-16)25-18(28)24-11-2-3-13(21)14(22)7-11/h1-8,27H,(H2,24,25,28). The van der Waals surface area contributed by atoms with Gasteiger partial charge < -0.3 is 10.4 Å². The van der Waals surface area contributed by atoms with E-state index in [4.69, 9.17) is 35.4 Å². The number of allylic oxidation sites excluding steroid dienone is 1. The van der Waals surface area contributed by atoms with Crippen molar-refractivity contribution in [3.05, 3.63) is 65.3 Å². The summed E-state index contributed by atoms with van der Waals surface area (Å²) in [6, 6.07) is 9.84. The molecule has 0 unspecified atom stereocenters. The molecule has 4 rings (SSSR count). The average molecular weight is 542 g/mol. The largest absolute Gasteiger partial charge is 0.492 e. The number of urea groups is 1. The van der Waals surface area contributed by atoms with E-state index in [0.29, 0.717) is 20.6 Å². The lowest BCUT2D eigenvalue weighted by atomic mass is 10.1. The summed E-state index contributed by atoms with van der Waals surface area (Å²) in [6.45, 7) is 0. The zero-order chi connectivity index (χ0) is 21.4. The van der Waals surface area contributed by atoms with Gasteiger partial charge in [-0.1, -0.05) is 50.5 Å². The number of carbonyl (C=O) groups excluding carboxylic acids is 1. The first-order valence-corrected chi connectivity index (χ1v) is 11.1. The molecule has 2 heterocycles. The summed E-state index contributed by atoms with van der Waals surface area (Å²) < 4.78 is 2.33. The van der Waals surface area contributed by atoms with E-state index in [2.05, 4.69) is 31.7 Å². The molecule has 30 heavy (non-hydrogen) atoms.